The maximum absolute atomic E-state index is 11.8. The predicted octanol–water partition coefficient (Wildman–Crippen LogP) is 1.21. The van der Waals surface area contributed by atoms with Gasteiger partial charge in [0.1, 0.15) is 4.92 Å². The van der Waals surface area contributed by atoms with Crippen LogP contribution in [0.1, 0.15) is 15.4 Å². The first kappa shape index (κ1) is 13.7. The number of carbonyl (C=O) groups excluding carboxylic acids is 1. The summed E-state index contributed by atoms with van der Waals surface area (Å²) < 4.78 is 4.77. The zero-order valence-electron chi connectivity index (χ0n) is 9.95. The van der Waals surface area contributed by atoms with Crippen LogP contribution < -0.4 is 11.1 Å². The molecule has 8 nitrogen and oxygen atoms in total. The van der Waals surface area contributed by atoms with Crippen LogP contribution in [0.3, 0.4) is 0 Å². The molecule has 2 rings (SSSR count). The number of rotatable bonds is 3. The Balaban J connectivity index is 2.07. The van der Waals surface area contributed by atoms with E-state index < -0.39 is 16.7 Å². The van der Waals surface area contributed by atoms with Gasteiger partial charge in [0.05, 0.1) is 23.7 Å². The van der Waals surface area contributed by atoms with Gasteiger partial charge in [-0.3, -0.25) is 20.2 Å². The van der Waals surface area contributed by atoms with E-state index in [4.69, 9.17) is 10.2 Å². The normalized spacial score (nSPS) is 9.65. The number of carbonyl (C=O) groups is 1. The number of amides is 1. The molecule has 2 aromatic rings. The third-order valence-electron chi connectivity index (χ3n) is 2.04. The number of thiazole rings is 1. The van der Waals surface area contributed by atoms with E-state index in [9.17, 15) is 14.9 Å². The zero-order chi connectivity index (χ0) is 14.5. The molecule has 0 aliphatic carbocycles. The standard InChI is InChI=1S/C11H8N4O4S/c12-5-1-2-7-6-13-11(20-7)14-10(16)8-3-4-9(19-8)15(17)18/h3-4,6H,5,12H2,(H,13,14,16). The van der Waals surface area contributed by atoms with Gasteiger partial charge in [-0.15, -0.1) is 0 Å². The summed E-state index contributed by atoms with van der Waals surface area (Å²) in [5.74, 6) is 4.15. The van der Waals surface area contributed by atoms with Crippen molar-refractivity contribution in [3.8, 4) is 11.8 Å². The van der Waals surface area contributed by atoms with Crippen LogP contribution in [0.25, 0.3) is 0 Å². The fraction of sp³-hybridized carbons (Fsp3) is 0.0909. The molecule has 9 heteroatoms. The molecule has 0 aromatic carbocycles. The molecule has 0 saturated heterocycles. The SMILES string of the molecule is NCC#Cc1cnc(NC(=O)c2ccc([N+](=O)[O-])o2)s1. The highest BCUT2D eigenvalue weighted by Gasteiger charge is 2.18. The lowest BCUT2D eigenvalue weighted by Gasteiger charge is -1.96. The second-order valence-corrected chi connectivity index (χ2v) is 4.42. The van der Waals surface area contributed by atoms with E-state index in [-0.39, 0.29) is 12.3 Å². The van der Waals surface area contributed by atoms with E-state index in [1.54, 1.807) is 0 Å². The minimum Gasteiger partial charge on any atom is -0.395 e. The van der Waals surface area contributed by atoms with E-state index in [2.05, 4.69) is 22.1 Å². The van der Waals surface area contributed by atoms with Crippen molar-refractivity contribution in [1.29, 1.82) is 0 Å². The Morgan fingerprint density at radius 2 is 2.40 bits per heavy atom. The molecule has 2 heterocycles. The van der Waals surface area contributed by atoms with Crippen molar-refractivity contribution in [3.05, 3.63) is 39.1 Å². The fourth-order valence-corrected chi connectivity index (χ4v) is 1.92. The first-order chi connectivity index (χ1) is 9.60. The van der Waals surface area contributed by atoms with E-state index in [0.29, 0.717) is 10.0 Å². The van der Waals surface area contributed by atoms with Gasteiger partial charge in [0.15, 0.2) is 10.9 Å². The third kappa shape index (κ3) is 3.19. The van der Waals surface area contributed by atoms with Crippen LogP contribution in [-0.4, -0.2) is 22.4 Å². The van der Waals surface area contributed by atoms with Crippen molar-refractivity contribution in [2.45, 2.75) is 0 Å². The molecule has 0 atom stereocenters. The van der Waals surface area contributed by atoms with Crippen LogP contribution in [0.4, 0.5) is 11.0 Å². The molecule has 0 aliphatic heterocycles. The summed E-state index contributed by atoms with van der Waals surface area (Å²) in [6.07, 6.45) is 1.49. The number of nitrogens with two attached hydrogens (primary N) is 1. The summed E-state index contributed by atoms with van der Waals surface area (Å²) in [4.78, 5) is 26.1. The summed E-state index contributed by atoms with van der Waals surface area (Å²) >= 11 is 1.16. The van der Waals surface area contributed by atoms with E-state index in [1.165, 1.54) is 12.3 Å². The number of nitrogens with one attached hydrogen (secondary N) is 1. The second-order valence-electron chi connectivity index (χ2n) is 3.38. The number of hydrogen-bond donors (Lipinski definition) is 2. The van der Waals surface area contributed by atoms with Gasteiger partial charge in [-0.05, 0) is 6.07 Å². The van der Waals surface area contributed by atoms with Crippen molar-refractivity contribution in [2.75, 3.05) is 11.9 Å². The molecule has 20 heavy (non-hydrogen) atoms. The van der Waals surface area contributed by atoms with Gasteiger partial charge in [0.2, 0.25) is 0 Å². The van der Waals surface area contributed by atoms with Gasteiger partial charge in [-0.25, -0.2) is 4.98 Å². The number of aromatic nitrogens is 1. The van der Waals surface area contributed by atoms with Crippen LogP contribution in [0.2, 0.25) is 0 Å². The Bertz CT molecular complexity index is 709. The molecule has 0 spiro atoms. The highest BCUT2D eigenvalue weighted by atomic mass is 32.1. The minimum absolute atomic E-state index is 0.165. The molecule has 102 valence electrons. The average Bonchev–Trinajstić information content (AvgIpc) is 3.05. The average molecular weight is 292 g/mol. The summed E-state index contributed by atoms with van der Waals surface area (Å²) in [6.45, 7) is 0.232. The quantitative estimate of drug-likeness (QED) is 0.497. The first-order valence-electron chi connectivity index (χ1n) is 5.30. The Morgan fingerprint density at radius 3 is 3.05 bits per heavy atom. The molecule has 0 unspecified atom stereocenters. The lowest BCUT2D eigenvalue weighted by atomic mass is 10.4. The highest BCUT2D eigenvalue weighted by Crippen LogP contribution is 2.20. The topological polar surface area (TPSA) is 124 Å². The number of anilines is 1. The molecule has 3 N–H and O–H groups in total. The minimum atomic E-state index is -0.722. The molecule has 2 aromatic heterocycles. The monoisotopic (exact) mass is 292 g/mol. The molecule has 1 amide bonds. The lowest BCUT2D eigenvalue weighted by molar-refractivity contribution is -0.402. The molecule has 0 aliphatic rings. The number of nitro groups is 1. The van der Waals surface area contributed by atoms with Crippen LogP contribution in [0, 0.1) is 22.0 Å². The Labute approximate surface area is 116 Å². The van der Waals surface area contributed by atoms with Gasteiger partial charge in [-0.2, -0.15) is 0 Å². The Hall–Kier alpha value is -2.70. The maximum atomic E-state index is 11.8. The van der Waals surface area contributed by atoms with Gasteiger partial charge in [0.25, 0.3) is 5.91 Å². The van der Waals surface area contributed by atoms with Crippen molar-refractivity contribution < 1.29 is 14.1 Å². The zero-order valence-corrected chi connectivity index (χ0v) is 10.8. The summed E-state index contributed by atoms with van der Waals surface area (Å²) in [7, 11) is 0. The molecule has 0 bridgehead atoms. The fourth-order valence-electron chi connectivity index (χ4n) is 1.23. The lowest BCUT2D eigenvalue weighted by Crippen LogP contribution is -2.10. The van der Waals surface area contributed by atoms with Crippen LogP contribution in [0.5, 0.6) is 0 Å². The number of hydrogen-bond acceptors (Lipinski definition) is 7. The smallest absolute Gasteiger partial charge is 0.395 e. The summed E-state index contributed by atoms with van der Waals surface area (Å²) in [5.41, 5.74) is 5.24. The van der Waals surface area contributed by atoms with Crippen molar-refractivity contribution in [2.24, 2.45) is 5.73 Å². The third-order valence-corrected chi connectivity index (χ3v) is 2.86. The molecule has 0 radical (unpaired) electrons. The predicted molar refractivity (Wildman–Crippen MR) is 71.4 cm³/mol. The maximum Gasteiger partial charge on any atom is 0.433 e. The van der Waals surface area contributed by atoms with Gasteiger partial charge in [-0.1, -0.05) is 23.2 Å². The molecular formula is C11H8N4O4S. The summed E-state index contributed by atoms with van der Waals surface area (Å²) in [5, 5.41) is 13.2. The van der Waals surface area contributed by atoms with E-state index >= 15 is 0 Å². The van der Waals surface area contributed by atoms with Crippen LogP contribution in [-0.2, 0) is 0 Å². The largest absolute Gasteiger partial charge is 0.433 e. The molecule has 0 fully saturated rings. The Morgan fingerprint density at radius 1 is 1.60 bits per heavy atom. The number of furan rings is 1. The first-order valence-corrected chi connectivity index (χ1v) is 6.12. The Kier molecular flexibility index (Phi) is 4.09. The molecular weight excluding hydrogens is 284 g/mol. The van der Waals surface area contributed by atoms with Gasteiger partial charge >= 0.3 is 5.88 Å². The van der Waals surface area contributed by atoms with Gasteiger partial charge < -0.3 is 10.2 Å². The number of nitrogens with zero attached hydrogens (tertiary/aromatic N) is 2. The summed E-state index contributed by atoms with van der Waals surface area (Å²) in [6, 6.07) is 2.32. The van der Waals surface area contributed by atoms with Crippen LogP contribution in [0.15, 0.2) is 22.7 Å². The highest BCUT2D eigenvalue weighted by molar-refractivity contribution is 7.16. The van der Waals surface area contributed by atoms with Crippen LogP contribution >= 0.6 is 11.3 Å². The van der Waals surface area contributed by atoms with Gasteiger partial charge in [0, 0.05) is 0 Å². The van der Waals surface area contributed by atoms with Crippen molar-refractivity contribution >= 4 is 28.3 Å². The van der Waals surface area contributed by atoms with E-state index in [1.807, 2.05) is 0 Å². The van der Waals surface area contributed by atoms with Crippen molar-refractivity contribution in [3.63, 3.8) is 0 Å². The van der Waals surface area contributed by atoms with E-state index in [0.717, 1.165) is 17.4 Å². The van der Waals surface area contributed by atoms with Crippen molar-refractivity contribution in [1.82, 2.24) is 4.98 Å². The molecule has 0 saturated carbocycles. The second kappa shape index (κ2) is 5.96.